The summed E-state index contributed by atoms with van der Waals surface area (Å²) < 4.78 is 48.0. The lowest BCUT2D eigenvalue weighted by Crippen LogP contribution is -2.16. The topological polar surface area (TPSA) is 75.7 Å². The van der Waals surface area contributed by atoms with Crippen molar-refractivity contribution in [2.45, 2.75) is 5.25 Å². The molecule has 9 heteroatoms. The molecular formula is C16H12Br2FO5S-. The van der Waals surface area contributed by atoms with Gasteiger partial charge in [0.05, 0.1) is 23.9 Å². The Labute approximate surface area is 163 Å². The summed E-state index contributed by atoms with van der Waals surface area (Å²) in [7, 11) is 2.54. The van der Waals surface area contributed by atoms with Crippen LogP contribution in [0.3, 0.4) is 0 Å². The van der Waals surface area contributed by atoms with E-state index in [1.54, 1.807) is 6.07 Å². The van der Waals surface area contributed by atoms with Crippen LogP contribution in [-0.4, -0.2) is 29.0 Å². The Bertz CT molecular complexity index is 844. The normalized spacial score (nSPS) is 13.2. The van der Waals surface area contributed by atoms with Crippen molar-refractivity contribution in [3.05, 3.63) is 61.8 Å². The molecule has 0 aromatic heterocycles. The van der Waals surface area contributed by atoms with Gasteiger partial charge in [-0.25, -0.2) is 9.18 Å². The van der Waals surface area contributed by atoms with Crippen LogP contribution in [-0.2, 0) is 15.8 Å². The Balaban J connectivity index is 2.79. The smallest absolute Gasteiger partial charge is 0.342 e. The molecule has 0 fully saturated rings. The van der Waals surface area contributed by atoms with Crippen molar-refractivity contribution in [3.8, 4) is 5.75 Å². The minimum atomic E-state index is -2.65. The first-order chi connectivity index (χ1) is 11.8. The molecule has 2 aromatic carbocycles. The minimum Gasteiger partial charge on any atom is -0.772 e. The van der Waals surface area contributed by atoms with Crippen molar-refractivity contribution in [2.24, 2.45) is 0 Å². The molecule has 0 amide bonds. The molecule has 0 bridgehead atoms. The van der Waals surface area contributed by atoms with Crippen LogP contribution in [0, 0.1) is 5.82 Å². The Kier molecular flexibility index (Phi) is 6.72. The summed E-state index contributed by atoms with van der Waals surface area (Å²) in [6.45, 7) is 0. The van der Waals surface area contributed by atoms with Gasteiger partial charge >= 0.3 is 5.97 Å². The number of carbonyl (C=O) groups excluding carboxylic acids is 1. The first-order valence-corrected chi connectivity index (χ1v) is 9.51. The van der Waals surface area contributed by atoms with Crippen molar-refractivity contribution >= 4 is 48.9 Å². The first-order valence-electron chi connectivity index (χ1n) is 6.79. The van der Waals surface area contributed by atoms with E-state index in [1.807, 2.05) is 0 Å². The van der Waals surface area contributed by atoms with Crippen molar-refractivity contribution < 1.29 is 27.4 Å². The number of halogens is 3. The van der Waals surface area contributed by atoms with E-state index >= 15 is 0 Å². The van der Waals surface area contributed by atoms with Crippen LogP contribution < -0.4 is 4.74 Å². The highest BCUT2D eigenvalue weighted by atomic mass is 79.9. The second-order valence-electron chi connectivity index (χ2n) is 4.84. The summed E-state index contributed by atoms with van der Waals surface area (Å²) >= 11 is 3.78. The predicted molar refractivity (Wildman–Crippen MR) is 96.9 cm³/mol. The number of rotatable bonds is 5. The Morgan fingerprint density at radius 2 is 1.80 bits per heavy atom. The van der Waals surface area contributed by atoms with Gasteiger partial charge in [0, 0.05) is 4.47 Å². The lowest BCUT2D eigenvalue weighted by Gasteiger charge is -2.25. The number of hydrogen-bond acceptors (Lipinski definition) is 5. The van der Waals surface area contributed by atoms with Crippen LogP contribution in [0.5, 0.6) is 5.75 Å². The summed E-state index contributed by atoms with van der Waals surface area (Å²) in [6.07, 6.45) is 0. The molecule has 0 aliphatic rings. The van der Waals surface area contributed by atoms with Crippen LogP contribution in [0.1, 0.15) is 26.7 Å². The van der Waals surface area contributed by atoms with Gasteiger partial charge in [-0.1, -0.05) is 28.1 Å². The van der Waals surface area contributed by atoms with Crippen LogP contribution in [0.15, 0.2) is 39.3 Å². The van der Waals surface area contributed by atoms with E-state index in [2.05, 4.69) is 31.9 Å². The van der Waals surface area contributed by atoms with Gasteiger partial charge in [-0.3, -0.25) is 4.21 Å². The third kappa shape index (κ3) is 4.11. The zero-order valence-corrected chi connectivity index (χ0v) is 17.0. The zero-order chi connectivity index (χ0) is 18.7. The average Bonchev–Trinajstić information content (AvgIpc) is 2.56. The average molecular weight is 495 g/mol. The van der Waals surface area contributed by atoms with E-state index in [1.165, 1.54) is 26.4 Å². The quantitative estimate of drug-likeness (QED) is 0.461. The van der Waals surface area contributed by atoms with E-state index in [4.69, 9.17) is 9.47 Å². The maximum atomic E-state index is 13.4. The van der Waals surface area contributed by atoms with E-state index in [0.29, 0.717) is 4.47 Å². The lowest BCUT2D eigenvalue weighted by atomic mass is 9.98. The molecule has 134 valence electrons. The van der Waals surface area contributed by atoms with Gasteiger partial charge in [0.2, 0.25) is 0 Å². The van der Waals surface area contributed by atoms with Crippen LogP contribution in [0.4, 0.5) is 4.39 Å². The van der Waals surface area contributed by atoms with Gasteiger partial charge in [-0.15, -0.1) is 0 Å². The summed E-state index contributed by atoms with van der Waals surface area (Å²) in [5.41, 5.74) is 0.418. The van der Waals surface area contributed by atoms with Crippen LogP contribution >= 0.6 is 31.9 Å². The Morgan fingerprint density at radius 3 is 2.32 bits per heavy atom. The van der Waals surface area contributed by atoms with E-state index in [0.717, 1.165) is 12.1 Å². The Hall–Kier alpha value is -1.29. The first kappa shape index (κ1) is 20.0. The third-order valence-corrected chi connectivity index (χ3v) is 5.66. The lowest BCUT2D eigenvalue weighted by molar-refractivity contribution is 0.0595. The number of ether oxygens (including phenoxy) is 2. The fourth-order valence-corrected chi connectivity index (χ4v) is 4.43. The monoisotopic (exact) mass is 493 g/mol. The molecule has 2 rings (SSSR count). The molecule has 0 saturated heterocycles. The molecule has 0 aliphatic carbocycles. The summed E-state index contributed by atoms with van der Waals surface area (Å²) in [4.78, 5) is 12.3. The predicted octanol–water partition coefficient (Wildman–Crippen LogP) is 4.11. The molecule has 0 saturated carbocycles. The van der Waals surface area contributed by atoms with Gasteiger partial charge in [-0.05, 0) is 56.3 Å². The number of carbonyl (C=O) groups is 1. The van der Waals surface area contributed by atoms with Gasteiger partial charge in [0.1, 0.15) is 17.1 Å². The van der Waals surface area contributed by atoms with Crippen LogP contribution in [0.25, 0.3) is 0 Å². The molecule has 0 radical (unpaired) electrons. The molecule has 0 heterocycles. The van der Waals surface area contributed by atoms with Crippen molar-refractivity contribution in [3.63, 3.8) is 0 Å². The molecule has 2 unspecified atom stereocenters. The van der Waals surface area contributed by atoms with Gasteiger partial charge < -0.3 is 14.0 Å². The SMILES string of the molecule is COC(=O)c1c(C(c2ccc(F)cc2Br)S(=O)[O-])ccc(Br)c1OC. The molecule has 2 aromatic rings. The third-order valence-electron chi connectivity index (χ3n) is 3.46. The standard InChI is InChI=1S/C16H13Br2FO5S/c1-23-14-11(17)6-5-10(13(14)16(20)24-2)15(25(21)22)9-4-3-8(19)7-12(9)18/h3-7,15H,1-2H3,(H,21,22)/p-1. The van der Waals surface area contributed by atoms with Gasteiger partial charge in [0.25, 0.3) is 0 Å². The number of hydrogen-bond donors (Lipinski definition) is 0. The highest BCUT2D eigenvalue weighted by Crippen LogP contribution is 2.40. The molecule has 5 nitrogen and oxygen atoms in total. The molecule has 0 aliphatic heterocycles. The molecule has 0 spiro atoms. The summed E-state index contributed by atoms with van der Waals surface area (Å²) in [5, 5.41) is -1.23. The largest absolute Gasteiger partial charge is 0.772 e. The highest BCUT2D eigenvalue weighted by Gasteiger charge is 2.28. The minimum absolute atomic E-state index is 0.0233. The van der Waals surface area contributed by atoms with E-state index < -0.39 is 28.1 Å². The maximum Gasteiger partial charge on any atom is 0.342 e. The molecule has 0 N–H and O–H groups in total. The Morgan fingerprint density at radius 1 is 1.16 bits per heavy atom. The summed E-state index contributed by atoms with van der Waals surface area (Å²) in [6, 6.07) is 6.69. The second-order valence-corrected chi connectivity index (χ2v) is 7.54. The van der Waals surface area contributed by atoms with Gasteiger partial charge in [0.15, 0.2) is 0 Å². The fourth-order valence-electron chi connectivity index (χ4n) is 2.39. The fraction of sp³-hybridized carbons (Fsp3) is 0.188. The highest BCUT2D eigenvalue weighted by molar-refractivity contribution is 9.10. The summed E-state index contributed by atoms with van der Waals surface area (Å²) in [5.74, 6) is -1.12. The number of benzene rings is 2. The zero-order valence-electron chi connectivity index (χ0n) is 13.0. The van der Waals surface area contributed by atoms with Gasteiger partial charge in [-0.2, -0.15) is 0 Å². The van der Waals surface area contributed by atoms with Crippen molar-refractivity contribution in [1.29, 1.82) is 0 Å². The number of esters is 1. The van der Waals surface area contributed by atoms with E-state index in [9.17, 15) is 17.9 Å². The van der Waals surface area contributed by atoms with Crippen LogP contribution in [0.2, 0.25) is 0 Å². The maximum absolute atomic E-state index is 13.4. The second kappa shape index (κ2) is 8.39. The molecule has 25 heavy (non-hydrogen) atoms. The number of methoxy groups -OCH3 is 2. The molecule has 2 atom stereocenters. The van der Waals surface area contributed by atoms with E-state index in [-0.39, 0.29) is 26.9 Å². The van der Waals surface area contributed by atoms with Crippen molar-refractivity contribution in [2.75, 3.05) is 14.2 Å². The molecular weight excluding hydrogens is 483 g/mol. The van der Waals surface area contributed by atoms with Crippen molar-refractivity contribution in [1.82, 2.24) is 0 Å².